The Balaban J connectivity index is 2.09. The maximum atomic E-state index is 12.2. The van der Waals surface area contributed by atoms with Gasteiger partial charge in [0, 0.05) is 13.0 Å². The van der Waals surface area contributed by atoms with Gasteiger partial charge >= 0.3 is 5.97 Å². The second kappa shape index (κ2) is 5.92. The fourth-order valence-corrected chi connectivity index (χ4v) is 2.38. The minimum atomic E-state index is -1.08. The molecular formula is C14H17NO5. The molecule has 0 bridgehead atoms. The van der Waals surface area contributed by atoms with Crippen molar-refractivity contribution in [2.24, 2.45) is 0 Å². The van der Waals surface area contributed by atoms with Crippen molar-refractivity contribution in [3.8, 4) is 5.75 Å². The average Bonchev–Trinajstić information content (AvgIpc) is 2.81. The number of methoxy groups -OCH3 is 1. The van der Waals surface area contributed by atoms with Crippen LogP contribution in [0.25, 0.3) is 0 Å². The highest BCUT2D eigenvalue weighted by atomic mass is 16.5. The first-order valence-electron chi connectivity index (χ1n) is 6.34. The van der Waals surface area contributed by atoms with E-state index >= 15 is 0 Å². The third-order valence-electron chi connectivity index (χ3n) is 3.37. The summed E-state index contributed by atoms with van der Waals surface area (Å²) in [6, 6.07) is 6.12. The van der Waals surface area contributed by atoms with Crippen LogP contribution in [-0.4, -0.2) is 52.8 Å². The molecule has 2 unspecified atom stereocenters. The number of rotatable bonds is 4. The van der Waals surface area contributed by atoms with Crippen molar-refractivity contribution in [3.05, 3.63) is 29.8 Å². The first-order chi connectivity index (χ1) is 9.51. The fourth-order valence-electron chi connectivity index (χ4n) is 2.38. The zero-order valence-corrected chi connectivity index (χ0v) is 11.2. The van der Waals surface area contributed by atoms with Crippen LogP contribution in [0.2, 0.25) is 0 Å². The molecule has 1 aromatic rings. The number of hydrogen-bond acceptors (Lipinski definition) is 4. The van der Waals surface area contributed by atoms with Crippen LogP contribution in [0.3, 0.4) is 0 Å². The van der Waals surface area contributed by atoms with Crippen LogP contribution in [0.5, 0.6) is 5.75 Å². The molecule has 2 N–H and O–H groups in total. The third kappa shape index (κ3) is 3.08. The number of likely N-dealkylation sites (tertiary alicyclic amines) is 1. The van der Waals surface area contributed by atoms with Crippen LogP contribution in [0.1, 0.15) is 12.0 Å². The van der Waals surface area contributed by atoms with E-state index in [0.717, 1.165) is 5.56 Å². The number of nitrogens with zero attached hydrogens (tertiary/aromatic N) is 1. The van der Waals surface area contributed by atoms with Gasteiger partial charge in [-0.25, -0.2) is 4.79 Å². The number of ether oxygens (including phenoxy) is 1. The molecule has 1 heterocycles. The summed E-state index contributed by atoms with van der Waals surface area (Å²) in [5.74, 6) is -0.741. The summed E-state index contributed by atoms with van der Waals surface area (Å²) in [6.45, 7) is 0.0692. The standard InChI is InChI=1S/C14H17NO5/c1-20-11-4-2-3-9(5-11)6-13(17)15-8-10(16)7-12(15)14(18)19/h2-5,10,12,16H,6-8H2,1H3,(H,18,19). The second-order valence-corrected chi connectivity index (χ2v) is 4.82. The Morgan fingerprint density at radius 3 is 2.85 bits per heavy atom. The highest BCUT2D eigenvalue weighted by Crippen LogP contribution is 2.20. The summed E-state index contributed by atoms with van der Waals surface area (Å²) in [7, 11) is 1.54. The molecule has 1 fully saturated rings. The molecule has 108 valence electrons. The van der Waals surface area contributed by atoms with Gasteiger partial charge in [0.1, 0.15) is 11.8 Å². The zero-order chi connectivity index (χ0) is 14.7. The lowest BCUT2D eigenvalue weighted by Crippen LogP contribution is -2.41. The molecule has 6 heteroatoms. The number of amides is 1. The lowest BCUT2D eigenvalue weighted by atomic mass is 10.1. The number of aliphatic hydroxyl groups excluding tert-OH is 1. The van der Waals surface area contributed by atoms with Crippen LogP contribution >= 0.6 is 0 Å². The van der Waals surface area contributed by atoms with Crippen molar-refractivity contribution in [1.82, 2.24) is 4.90 Å². The summed E-state index contributed by atoms with van der Waals surface area (Å²) in [4.78, 5) is 24.5. The van der Waals surface area contributed by atoms with Gasteiger partial charge in [0.15, 0.2) is 0 Å². The molecule has 1 aliphatic heterocycles. The summed E-state index contributed by atoms with van der Waals surface area (Å²) in [5.41, 5.74) is 0.750. The maximum absolute atomic E-state index is 12.2. The van der Waals surface area contributed by atoms with Crippen molar-refractivity contribution < 1.29 is 24.5 Å². The van der Waals surface area contributed by atoms with Gasteiger partial charge in [-0.3, -0.25) is 4.79 Å². The number of β-amino-alcohol motifs (C(OH)–C–C–N with tert-alkyl or cyclic N) is 1. The van der Waals surface area contributed by atoms with E-state index in [1.807, 2.05) is 0 Å². The molecule has 1 saturated heterocycles. The molecule has 0 saturated carbocycles. The van der Waals surface area contributed by atoms with Crippen LogP contribution in [0.15, 0.2) is 24.3 Å². The van der Waals surface area contributed by atoms with Crippen molar-refractivity contribution >= 4 is 11.9 Å². The van der Waals surface area contributed by atoms with Gasteiger partial charge in [0.05, 0.1) is 19.6 Å². The quantitative estimate of drug-likeness (QED) is 0.827. The van der Waals surface area contributed by atoms with Crippen LogP contribution < -0.4 is 4.74 Å². The van der Waals surface area contributed by atoms with Gasteiger partial charge in [0.25, 0.3) is 0 Å². The number of hydrogen-bond donors (Lipinski definition) is 2. The lowest BCUT2D eigenvalue weighted by molar-refractivity contribution is -0.148. The molecule has 6 nitrogen and oxygen atoms in total. The van der Waals surface area contributed by atoms with Crippen molar-refractivity contribution in [2.75, 3.05) is 13.7 Å². The van der Waals surface area contributed by atoms with Crippen LogP contribution in [-0.2, 0) is 16.0 Å². The van der Waals surface area contributed by atoms with Gasteiger partial charge in [-0.1, -0.05) is 12.1 Å². The number of carboxylic acid groups (broad SMARTS) is 1. The molecule has 0 aliphatic carbocycles. The molecule has 20 heavy (non-hydrogen) atoms. The van der Waals surface area contributed by atoms with Crippen LogP contribution in [0.4, 0.5) is 0 Å². The highest BCUT2D eigenvalue weighted by molar-refractivity contribution is 5.85. The third-order valence-corrected chi connectivity index (χ3v) is 3.37. The highest BCUT2D eigenvalue weighted by Gasteiger charge is 2.38. The number of benzene rings is 1. The van der Waals surface area contributed by atoms with E-state index in [9.17, 15) is 14.7 Å². The smallest absolute Gasteiger partial charge is 0.326 e. The Kier molecular flexibility index (Phi) is 4.24. The summed E-state index contributed by atoms with van der Waals surface area (Å²) >= 11 is 0. The van der Waals surface area contributed by atoms with Crippen molar-refractivity contribution in [1.29, 1.82) is 0 Å². The summed E-state index contributed by atoms with van der Waals surface area (Å²) in [5, 5.41) is 18.6. The van der Waals surface area contributed by atoms with E-state index in [2.05, 4.69) is 0 Å². The number of carboxylic acids is 1. The van der Waals surface area contributed by atoms with Gasteiger partial charge in [-0.05, 0) is 17.7 Å². The van der Waals surface area contributed by atoms with Crippen molar-refractivity contribution in [2.45, 2.75) is 25.0 Å². The number of carbonyl (C=O) groups excluding carboxylic acids is 1. The van der Waals surface area contributed by atoms with Gasteiger partial charge in [-0.15, -0.1) is 0 Å². The SMILES string of the molecule is COc1cccc(CC(=O)N2CC(O)CC2C(=O)O)c1. The lowest BCUT2D eigenvalue weighted by Gasteiger charge is -2.21. The molecule has 1 aliphatic rings. The Bertz CT molecular complexity index is 516. The summed E-state index contributed by atoms with van der Waals surface area (Å²) < 4.78 is 5.08. The molecular weight excluding hydrogens is 262 g/mol. The topological polar surface area (TPSA) is 87.1 Å². The zero-order valence-electron chi connectivity index (χ0n) is 11.2. The van der Waals surface area contributed by atoms with E-state index < -0.39 is 18.1 Å². The van der Waals surface area contributed by atoms with E-state index in [0.29, 0.717) is 5.75 Å². The number of aliphatic hydroxyl groups is 1. The minimum Gasteiger partial charge on any atom is -0.497 e. The maximum Gasteiger partial charge on any atom is 0.326 e. The normalized spacial score (nSPS) is 21.8. The van der Waals surface area contributed by atoms with Gasteiger partial charge < -0.3 is 19.8 Å². The first-order valence-corrected chi connectivity index (χ1v) is 6.34. The Morgan fingerprint density at radius 1 is 1.45 bits per heavy atom. The number of aliphatic carboxylic acids is 1. The second-order valence-electron chi connectivity index (χ2n) is 4.82. The van der Waals surface area contributed by atoms with Crippen LogP contribution in [0, 0.1) is 0 Å². The summed E-state index contributed by atoms with van der Waals surface area (Å²) in [6.07, 6.45) is -0.599. The molecule has 2 rings (SSSR count). The molecule has 1 amide bonds. The molecule has 1 aromatic carbocycles. The number of carbonyl (C=O) groups is 2. The Hall–Kier alpha value is -2.08. The largest absolute Gasteiger partial charge is 0.497 e. The van der Waals surface area contributed by atoms with E-state index in [4.69, 9.17) is 9.84 Å². The van der Waals surface area contributed by atoms with Crippen molar-refractivity contribution in [3.63, 3.8) is 0 Å². The minimum absolute atomic E-state index is 0.0692. The Morgan fingerprint density at radius 2 is 2.20 bits per heavy atom. The fraction of sp³-hybridized carbons (Fsp3) is 0.429. The Labute approximate surface area is 116 Å². The average molecular weight is 279 g/mol. The molecule has 0 spiro atoms. The predicted octanol–water partition coefficient (Wildman–Crippen LogP) is 0.284. The van der Waals surface area contributed by atoms with E-state index in [-0.39, 0.29) is 25.3 Å². The predicted molar refractivity (Wildman–Crippen MR) is 70.5 cm³/mol. The van der Waals surface area contributed by atoms with E-state index in [1.54, 1.807) is 24.3 Å². The monoisotopic (exact) mass is 279 g/mol. The molecule has 0 radical (unpaired) electrons. The van der Waals surface area contributed by atoms with Gasteiger partial charge in [0.2, 0.25) is 5.91 Å². The van der Waals surface area contributed by atoms with E-state index in [1.165, 1.54) is 12.0 Å². The molecule has 0 aromatic heterocycles. The van der Waals surface area contributed by atoms with Gasteiger partial charge in [-0.2, -0.15) is 0 Å². The molecule has 2 atom stereocenters. The first kappa shape index (κ1) is 14.3.